The molecular formula is C24H30ClN3O3. The Kier molecular flexibility index (Phi) is 8.22. The average molecular weight is 444 g/mol. The van der Waals surface area contributed by atoms with Crippen LogP contribution in [0.1, 0.15) is 40.9 Å². The van der Waals surface area contributed by atoms with Crippen LogP contribution in [0.5, 0.6) is 0 Å². The fourth-order valence-corrected chi connectivity index (χ4v) is 3.69. The summed E-state index contributed by atoms with van der Waals surface area (Å²) in [5, 5.41) is 5.96. The average Bonchev–Trinajstić information content (AvgIpc) is 2.68. The van der Waals surface area contributed by atoms with Gasteiger partial charge >= 0.3 is 0 Å². The first-order chi connectivity index (χ1) is 14.5. The molecular weight excluding hydrogens is 414 g/mol. The molecule has 2 rings (SSSR count). The fourth-order valence-electron chi connectivity index (χ4n) is 3.46. The second kappa shape index (κ2) is 10.4. The summed E-state index contributed by atoms with van der Waals surface area (Å²) in [6.45, 7) is 9.41. The van der Waals surface area contributed by atoms with E-state index >= 15 is 0 Å². The van der Waals surface area contributed by atoms with Crippen LogP contribution in [0.3, 0.4) is 0 Å². The van der Waals surface area contributed by atoms with Gasteiger partial charge in [0.15, 0.2) is 0 Å². The lowest BCUT2D eigenvalue weighted by Crippen LogP contribution is -2.51. The van der Waals surface area contributed by atoms with Crippen LogP contribution in [0, 0.1) is 26.7 Å². The monoisotopic (exact) mass is 443 g/mol. The van der Waals surface area contributed by atoms with Crippen molar-refractivity contribution in [3.05, 3.63) is 63.7 Å². The summed E-state index contributed by atoms with van der Waals surface area (Å²) in [5.41, 5.74) is 4.10. The number of carbonyl (C=O) groups excluding carboxylic acids is 3. The summed E-state index contributed by atoms with van der Waals surface area (Å²) in [6, 6.07) is 9.86. The number of nitrogens with one attached hydrogen (secondary N) is 2. The summed E-state index contributed by atoms with van der Waals surface area (Å²) < 4.78 is 0. The van der Waals surface area contributed by atoms with Crippen LogP contribution in [0.2, 0.25) is 5.02 Å². The van der Waals surface area contributed by atoms with E-state index in [1.165, 1.54) is 4.90 Å². The second-order valence-corrected chi connectivity index (χ2v) is 8.60. The van der Waals surface area contributed by atoms with Gasteiger partial charge in [0.2, 0.25) is 11.8 Å². The molecule has 0 saturated carbocycles. The lowest BCUT2D eigenvalue weighted by atomic mass is 10.0. The lowest BCUT2D eigenvalue weighted by molar-refractivity contribution is -0.135. The highest BCUT2D eigenvalue weighted by atomic mass is 35.5. The van der Waals surface area contributed by atoms with Crippen molar-refractivity contribution in [3.63, 3.8) is 0 Å². The molecule has 0 aromatic heterocycles. The molecule has 0 bridgehead atoms. The van der Waals surface area contributed by atoms with Gasteiger partial charge in [0.1, 0.15) is 6.04 Å². The van der Waals surface area contributed by atoms with Gasteiger partial charge in [-0.25, -0.2) is 0 Å². The summed E-state index contributed by atoms with van der Waals surface area (Å²) in [6.07, 6.45) is 0. The number of nitrogens with zero attached hydrogens (tertiary/aromatic N) is 1. The minimum atomic E-state index is -0.788. The zero-order chi connectivity index (χ0) is 23.3. The molecule has 1 atom stereocenters. The molecule has 0 radical (unpaired) electrons. The van der Waals surface area contributed by atoms with Gasteiger partial charge in [-0.15, -0.1) is 0 Å². The molecule has 31 heavy (non-hydrogen) atoms. The molecule has 0 spiro atoms. The SMILES string of the molecule is Cc1cc(C)c(NC(=O)CN(C)C(=O)C(NC(=O)c2ccccc2Cl)C(C)C)c(C)c1. The number of hydrogen-bond acceptors (Lipinski definition) is 3. The summed E-state index contributed by atoms with van der Waals surface area (Å²) in [4.78, 5) is 39.5. The van der Waals surface area contributed by atoms with Crippen molar-refractivity contribution in [3.8, 4) is 0 Å². The summed E-state index contributed by atoms with van der Waals surface area (Å²) >= 11 is 6.10. The predicted molar refractivity (Wildman–Crippen MR) is 124 cm³/mol. The molecule has 2 aromatic rings. The van der Waals surface area contributed by atoms with Gasteiger partial charge < -0.3 is 15.5 Å². The molecule has 3 amide bonds. The highest BCUT2D eigenvalue weighted by Gasteiger charge is 2.29. The Hall–Kier alpha value is -2.86. The third kappa shape index (κ3) is 6.31. The Morgan fingerprint density at radius 2 is 1.61 bits per heavy atom. The van der Waals surface area contributed by atoms with Gasteiger partial charge in [-0.05, 0) is 49.9 Å². The van der Waals surface area contributed by atoms with Crippen LogP contribution in [-0.4, -0.2) is 42.3 Å². The Labute approximate surface area is 189 Å². The van der Waals surface area contributed by atoms with Gasteiger partial charge in [0, 0.05) is 12.7 Å². The predicted octanol–water partition coefficient (Wildman–Crippen LogP) is 4.12. The number of benzene rings is 2. The maximum atomic E-state index is 13.0. The first-order valence-electron chi connectivity index (χ1n) is 10.2. The molecule has 0 aliphatic heterocycles. The minimum absolute atomic E-state index is 0.128. The van der Waals surface area contributed by atoms with Crippen LogP contribution >= 0.6 is 11.6 Å². The molecule has 2 aromatic carbocycles. The van der Waals surface area contributed by atoms with Crippen molar-refractivity contribution in [2.45, 2.75) is 40.7 Å². The zero-order valence-corrected chi connectivity index (χ0v) is 19.6. The molecule has 166 valence electrons. The van der Waals surface area contributed by atoms with E-state index in [4.69, 9.17) is 11.6 Å². The third-order valence-corrected chi connectivity index (χ3v) is 5.37. The second-order valence-electron chi connectivity index (χ2n) is 8.19. The number of amides is 3. The molecule has 0 fully saturated rings. The maximum Gasteiger partial charge on any atom is 0.253 e. The number of aryl methyl sites for hydroxylation is 3. The summed E-state index contributed by atoms with van der Waals surface area (Å²) in [5.74, 6) is -1.25. The Morgan fingerprint density at radius 1 is 1.03 bits per heavy atom. The van der Waals surface area contributed by atoms with Crippen molar-refractivity contribution in [1.29, 1.82) is 0 Å². The lowest BCUT2D eigenvalue weighted by Gasteiger charge is -2.27. The largest absolute Gasteiger partial charge is 0.340 e. The molecule has 0 saturated heterocycles. The highest BCUT2D eigenvalue weighted by molar-refractivity contribution is 6.33. The zero-order valence-electron chi connectivity index (χ0n) is 18.9. The molecule has 0 heterocycles. The molecule has 6 nitrogen and oxygen atoms in total. The van der Waals surface area contributed by atoms with Crippen LogP contribution in [0.4, 0.5) is 5.69 Å². The number of rotatable bonds is 7. The normalized spacial score (nSPS) is 11.7. The van der Waals surface area contributed by atoms with Gasteiger partial charge in [0.05, 0.1) is 17.1 Å². The van der Waals surface area contributed by atoms with E-state index in [9.17, 15) is 14.4 Å². The van der Waals surface area contributed by atoms with Crippen molar-refractivity contribution in [2.75, 3.05) is 18.9 Å². The number of carbonyl (C=O) groups is 3. The van der Waals surface area contributed by atoms with E-state index in [0.29, 0.717) is 10.6 Å². The van der Waals surface area contributed by atoms with Crippen molar-refractivity contribution in [2.24, 2.45) is 5.92 Å². The van der Waals surface area contributed by atoms with Gasteiger partial charge in [-0.1, -0.05) is 55.3 Å². The number of likely N-dealkylation sites (N-methyl/N-ethyl adjacent to an activating group) is 1. The molecule has 0 aliphatic rings. The molecule has 2 N–H and O–H groups in total. The topological polar surface area (TPSA) is 78.5 Å². The van der Waals surface area contributed by atoms with Crippen LogP contribution in [0.25, 0.3) is 0 Å². The van der Waals surface area contributed by atoms with E-state index in [2.05, 4.69) is 10.6 Å². The summed E-state index contributed by atoms with van der Waals surface area (Å²) in [7, 11) is 1.55. The highest BCUT2D eigenvalue weighted by Crippen LogP contribution is 2.22. The standard InChI is InChI=1S/C24H30ClN3O3/c1-14(2)21(27-23(30)18-9-7-8-10-19(18)25)24(31)28(6)13-20(29)26-22-16(4)11-15(3)12-17(22)5/h7-12,14,21H,13H2,1-6H3,(H,26,29)(H,27,30). The van der Waals surface area contributed by atoms with Gasteiger partial charge in [-0.2, -0.15) is 0 Å². The van der Waals surface area contributed by atoms with Crippen molar-refractivity contribution >= 4 is 35.0 Å². The van der Waals surface area contributed by atoms with Crippen LogP contribution < -0.4 is 10.6 Å². The smallest absolute Gasteiger partial charge is 0.253 e. The number of anilines is 1. The maximum absolute atomic E-state index is 13.0. The Balaban J connectivity index is 2.07. The number of hydrogen-bond donors (Lipinski definition) is 2. The Morgan fingerprint density at radius 3 is 2.16 bits per heavy atom. The minimum Gasteiger partial charge on any atom is -0.340 e. The third-order valence-electron chi connectivity index (χ3n) is 5.04. The van der Waals surface area contributed by atoms with E-state index in [1.54, 1.807) is 31.3 Å². The number of halogens is 1. The first-order valence-corrected chi connectivity index (χ1v) is 10.6. The van der Waals surface area contributed by atoms with Gasteiger partial charge in [-0.3, -0.25) is 14.4 Å². The van der Waals surface area contributed by atoms with Crippen LogP contribution in [-0.2, 0) is 9.59 Å². The van der Waals surface area contributed by atoms with Crippen molar-refractivity contribution < 1.29 is 14.4 Å². The molecule has 7 heteroatoms. The Bertz CT molecular complexity index is 965. The van der Waals surface area contributed by atoms with E-state index in [-0.39, 0.29) is 24.3 Å². The molecule has 0 aliphatic carbocycles. The van der Waals surface area contributed by atoms with E-state index in [0.717, 1.165) is 22.4 Å². The fraction of sp³-hybridized carbons (Fsp3) is 0.375. The van der Waals surface area contributed by atoms with Gasteiger partial charge in [0.25, 0.3) is 5.91 Å². The van der Waals surface area contributed by atoms with Crippen molar-refractivity contribution in [1.82, 2.24) is 10.2 Å². The van der Waals surface area contributed by atoms with Crippen LogP contribution in [0.15, 0.2) is 36.4 Å². The van der Waals surface area contributed by atoms with E-state index in [1.807, 2.05) is 46.8 Å². The first kappa shape index (κ1) is 24.4. The quantitative estimate of drug-likeness (QED) is 0.675. The molecule has 1 unspecified atom stereocenters. The van der Waals surface area contributed by atoms with E-state index < -0.39 is 11.9 Å².